The minimum absolute atomic E-state index is 0.0631. The molecule has 0 aliphatic carbocycles. The molecular weight excluding hydrogens is 292 g/mol. The second-order valence-corrected chi connectivity index (χ2v) is 6.84. The normalized spacial score (nSPS) is 23.1. The molecule has 2 rings (SSSR count). The largest absolute Gasteiger partial charge is 0.480 e. The third kappa shape index (κ3) is 3.95. The number of carboxylic acid groups (broad SMARTS) is 1. The van der Waals surface area contributed by atoms with Crippen LogP contribution >= 0.6 is 11.3 Å². The monoisotopic (exact) mass is 312 g/mol. The van der Waals surface area contributed by atoms with Crippen molar-refractivity contribution in [2.75, 3.05) is 6.54 Å². The van der Waals surface area contributed by atoms with E-state index >= 15 is 0 Å². The lowest BCUT2D eigenvalue weighted by molar-refractivity contribution is -0.141. The number of carbonyl (C=O) groups is 2. The minimum Gasteiger partial charge on any atom is -0.480 e. The van der Waals surface area contributed by atoms with Crippen molar-refractivity contribution >= 4 is 23.3 Å². The molecule has 3 N–H and O–H groups in total. The third-order valence-electron chi connectivity index (χ3n) is 3.50. The van der Waals surface area contributed by atoms with E-state index in [1.165, 1.54) is 14.7 Å². The summed E-state index contributed by atoms with van der Waals surface area (Å²) in [7, 11) is 0. The van der Waals surface area contributed by atoms with E-state index in [2.05, 4.69) is 5.32 Å². The molecule has 1 aliphatic heterocycles. The van der Waals surface area contributed by atoms with Crippen LogP contribution in [0.5, 0.6) is 0 Å². The Balaban J connectivity index is 1.92. The van der Waals surface area contributed by atoms with Crippen molar-refractivity contribution < 1.29 is 19.8 Å². The lowest BCUT2D eigenvalue weighted by Crippen LogP contribution is -2.49. The number of nitrogens with zero attached hydrogens (tertiary/aromatic N) is 1. The highest BCUT2D eigenvalue weighted by Crippen LogP contribution is 2.19. The molecule has 0 spiro atoms. The fourth-order valence-corrected chi connectivity index (χ4v) is 3.53. The second kappa shape index (κ2) is 6.44. The average Bonchev–Trinajstić information content (AvgIpc) is 2.95. The number of amides is 2. The molecule has 0 radical (unpaired) electrons. The Morgan fingerprint density at radius 3 is 2.81 bits per heavy atom. The van der Waals surface area contributed by atoms with Crippen molar-refractivity contribution in [2.24, 2.45) is 0 Å². The van der Waals surface area contributed by atoms with Gasteiger partial charge in [-0.3, -0.25) is 0 Å². The SMILES string of the molecule is Cc1ccc(CC(C)NC(=O)N2CC(O)C[C@H]2C(=O)O)s1. The fraction of sp³-hybridized carbons (Fsp3) is 0.571. The maximum atomic E-state index is 12.2. The van der Waals surface area contributed by atoms with Crippen LogP contribution in [0.15, 0.2) is 12.1 Å². The van der Waals surface area contributed by atoms with Gasteiger partial charge >= 0.3 is 12.0 Å². The lowest BCUT2D eigenvalue weighted by atomic mass is 10.2. The van der Waals surface area contributed by atoms with Gasteiger partial charge in [0.2, 0.25) is 0 Å². The summed E-state index contributed by atoms with van der Waals surface area (Å²) < 4.78 is 0. The van der Waals surface area contributed by atoms with Crippen LogP contribution in [0, 0.1) is 6.92 Å². The van der Waals surface area contributed by atoms with E-state index in [1.54, 1.807) is 11.3 Å². The second-order valence-electron chi connectivity index (χ2n) is 5.46. The van der Waals surface area contributed by atoms with Gasteiger partial charge in [-0.1, -0.05) is 0 Å². The number of nitrogens with one attached hydrogen (secondary N) is 1. The van der Waals surface area contributed by atoms with Crippen molar-refractivity contribution in [1.29, 1.82) is 0 Å². The van der Waals surface area contributed by atoms with Crippen molar-refractivity contribution in [1.82, 2.24) is 10.2 Å². The molecule has 1 saturated heterocycles. The van der Waals surface area contributed by atoms with Gasteiger partial charge < -0.3 is 20.4 Å². The number of carbonyl (C=O) groups excluding carboxylic acids is 1. The summed E-state index contributed by atoms with van der Waals surface area (Å²) in [6.45, 7) is 3.98. The summed E-state index contributed by atoms with van der Waals surface area (Å²) in [6.07, 6.45) is 0.0201. The number of rotatable bonds is 4. The molecule has 116 valence electrons. The number of carboxylic acids is 1. The molecule has 0 saturated carbocycles. The first-order valence-corrected chi connectivity index (χ1v) is 7.71. The minimum atomic E-state index is -1.08. The van der Waals surface area contributed by atoms with Gasteiger partial charge in [-0.05, 0) is 26.0 Å². The van der Waals surface area contributed by atoms with Gasteiger partial charge in [0.15, 0.2) is 0 Å². The van der Waals surface area contributed by atoms with Crippen molar-refractivity contribution in [3.8, 4) is 0 Å². The number of hydrogen-bond acceptors (Lipinski definition) is 4. The fourth-order valence-electron chi connectivity index (χ4n) is 2.51. The van der Waals surface area contributed by atoms with Gasteiger partial charge in [0, 0.05) is 35.2 Å². The molecule has 0 aromatic carbocycles. The van der Waals surface area contributed by atoms with E-state index in [1.807, 2.05) is 26.0 Å². The zero-order chi connectivity index (χ0) is 15.6. The number of urea groups is 1. The van der Waals surface area contributed by atoms with Gasteiger partial charge in [0.25, 0.3) is 0 Å². The number of hydrogen-bond donors (Lipinski definition) is 3. The molecule has 2 unspecified atom stereocenters. The molecule has 1 aromatic heterocycles. The van der Waals surface area contributed by atoms with Crippen LogP contribution in [0.2, 0.25) is 0 Å². The van der Waals surface area contributed by atoms with Crippen molar-refractivity contribution in [2.45, 2.75) is 44.9 Å². The number of aliphatic hydroxyl groups is 1. The highest BCUT2D eigenvalue weighted by Gasteiger charge is 2.39. The summed E-state index contributed by atoms with van der Waals surface area (Å²) in [6, 6.07) is 2.59. The van der Waals surface area contributed by atoms with Crippen molar-refractivity contribution in [3.63, 3.8) is 0 Å². The molecule has 1 aromatic rings. The number of aliphatic carboxylic acids is 1. The van der Waals surface area contributed by atoms with E-state index in [4.69, 9.17) is 5.11 Å². The number of aryl methyl sites for hydroxylation is 1. The maximum absolute atomic E-state index is 12.2. The topological polar surface area (TPSA) is 89.9 Å². The van der Waals surface area contributed by atoms with E-state index in [0.717, 1.165) is 0 Å². The Morgan fingerprint density at radius 1 is 1.52 bits per heavy atom. The number of likely N-dealkylation sites (tertiary alicyclic amines) is 1. The van der Waals surface area contributed by atoms with Crippen LogP contribution in [0.3, 0.4) is 0 Å². The number of β-amino-alcohol motifs (C(OH)–C–C–N with tert-alkyl or cyclic N) is 1. The Morgan fingerprint density at radius 2 is 2.24 bits per heavy atom. The summed E-state index contributed by atoms with van der Waals surface area (Å²) in [5, 5.41) is 21.5. The predicted octanol–water partition coefficient (Wildman–Crippen LogP) is 1.22. The maximum Gasteiger partial charge on any atom is 0.326 e. The van der Waals surface area contributed by atoms with Gasteiger partial charge in [0.1, 0.15) is 6.04 Å². The quantitative estimate of drug-likeness (QED) is 0.780. The summed E-state index contributed by atoms with van der Waals surface area (Å²) in [5.74, 6) is -1.08. The summed E-state index contributed by atoms with van der Waals surface area (Å²) >= 11 is 1.68. The molecule has 6 nitrogen and oxygen atoms in total. The zero-order valence-corrected chi connectivity index (χ0v) is 12.9. The first kappa shape index (κ1) is 15.8. The molecule has 7 heteroatoms. The van der Waals surface area contributed by atoms with Gasteiger partial charge in [-0.2, -0.15) is 0 Å². The zero-order valence-electron chi connectivity index (χ0n) is 12.1. The predicted molar refractivity (Wildman–Crippen MR) is 79.5 cm³/mol. The Hall–Kier alpha value is -1.60. The average molecular weight is 312 g/mol. The molecule has 2 amide bonds. The lowest BCUT2D eigenvalue weighted by Gasteiger charge is -2.24. The van der Waals surface area contributed by atoms with Crippen LogP contribution < -0.4 is 5.32 Å². The molecule has 21 heavy (non-hydrogen) atoms. The highest BCUT2D eigenvalue weighted by molar-refractivity contribution is 7.11. The smallest absolute Gasteiger partial charge is 0.326 e. The summed E-state index contributed by atoms with van der Waals surface area (Å²) in [5.41, 5.74) is 0. The Labute approximate surface area is 127 Å². The van der Waals surface area contributed by atoms with Crippen LogP contribution in [0.4, 0.5) is 4.79 Å². The standard InChI is InChI=1S/C14H20N2O4S/c1-8(5-11-4-3-9(2)21-11)15-14(20)16-7-10(17)6-12(16)13(18)19/h3-4,8,10,12,17H,5-7H2,1-2H3,(H,15,20)(H,18,19)/t8?,10?,12-/m0/s1. The molecular formula is C14H20N2O4S. The number of aliphatic hydroxyl groups excluding tert-OH is 1. The van der Waals surface area contributed by atoms with Crippen LogP contribution in [0.1, 0.15) is 23.1 Å². The van der Waals surface area contributed by atoms with E-state index < -0.39 is 24.1 Å². The third-order valence-corrected chi connectivity index (χ3v) is 4.52. The van der Waals surface area contributed by atoms with Crippen LogP contribution in [-0.4, -0.2) is 51.8 Å². The first-order chi connectivity index (χ1) is 9.86. The van der Waals surface area contributed by atoms with Gasteiger partial charge in [-0.25, -0.2) is 9.59 Å². The van der Waals surface area contributed by atoms with Crippen molar-refractivity contribution in [3.05, 3.63) is 21.9 Å². The molecule has 3 atom stereocenters. The molecule has 0 bridgehead atoms. The number of thiophene rings is 1. The van der Waals surface area contributed by atoms with Gasteiger partial charge in [-0.15, -0.1) is 11.3 Å². The highest BCUT2D eigenvalue weighted by atomic mass is 32.1. The van der Waals surface area contributed by atoms with E-state index in [0.29, 0.717) is 6.42 Å². The van der Waals surface area contributed by atoms with Crippen LogP contribution in [-0.2, 0) is 11.2 Å². The Kier molecular flexibility index (Phi) is 4.84. The van der Waals surface area contributed by atoms with E-state index in [9.17, 15) is 14.7 Å². The molecule has 1 fully saturated rings. The first-order valence-electron chi connectivity index (χ1n) is 6.90. The van der Waals surface area contributed by atoms with Gasteiger partial charge in [0.05, 0.1) is 6.10 Å². The molecule has 1 aliphatic rings. The summed E-state index contributed by atoms with van der Waals surface area (Å²) in [4.78, 5) is 26.9. The van der Waals surface area contributed by atoms with Crippen LogP contribution in [0.25, 0.3) is 0 Å². The Bertz CT molecular complexity index is 531. The molecule has 2 heterocycles. The van der Waals surface area contributed by atoms with E-state index in [-0.39, 0.29) is 19.0 Å².